The molecular weight excluding hydrogens is 101 g/mol. The van der Waals surface area contributed by atoms with Gasteiger partial charge in [-0.05, 0) is 11.6 Å². The summed E-state index contributed by atoms with van der Waals surface area (Å²) in [6.45, 7) is 3.05. The summed E-state index contributed by atoms with van der Waals surface area (Å²) in [4.78, 5) is 9.68. The molecule has 0 saturated carbocycles. The summed E-state index contributed by atoms with van der Waals surface area (Å²) >= 11 is 4.75. The molecule has 0 amide bonds. The Morgan fingerprint density at radius 3 is 2.00 bits per heavy atom. The largest absolute Gasteiger partial charge is 0.395 e. The third-order valence-corrected chi connectivity index (χ3v) is 0.495. The van der Waals surface area contributed by atoms with Gasteiger partial charge >= 0.3 is 0 Å². The van der Waals surface area contributed by atoms with Crippen molar-refractivity contribution in [2.75, 3.05) is 0 Å². The standard InChI is InChI=1S/C3H4ClNO/c1-2(5)3(4)6/h1,5H2. The summed E-state index contributed by atoms with van der Waals surface area (Å²) in [5, 5.41) is -0.685. The minimum absolute atomic E-state index is 0.114. The summed E-state index contributed by atoms with van der Waals surface area (Å²) in [5.41, 5.74) is 4.65. The van der Waals surface area contributed by atoms with Gasteiger partial charge in [0.15, 0.2) is 0 Å². The van der Waals surface area contributed by atoms with Crippen molar-refractivity contribution in [2.45, 2.75) is 0 Å². The zero-order valence-electron chi connectivity index (χ0n) is 3.07. The lowest BCUT2D eigenvalue weighted by atomic mass is 10.6. The van der Waals surface area contributed by atoms with Gasteiger partial charge in [-0.2, -0.15) is 0 Å². The smallest absolute Gasteiger partial charge is 0.267 e. The Morgan fingerprint density at radius 2 is 2.00 bits per heavy atom. The SMILES string of the molecule is C=C(N)C(=O)Cl. The number of nitrogens with two attached hydrogens (primary N) is 1. The molecule has 0 aliphatic rings. The average Bonchev–Trinajstić information content (AvgIpc) is 1.36. The molecule has 0 fully saturated rings. The molecule has 0 aromatic heterocycles. The van der Waals surface area contributed by atoms with Crippen LogP contribution in [0.25, 0.3) is 0 Å². The van der Waals surface area contributed by atoms with E-state index in [9.17, 15) is 4.79 Å². The van der Waals surface area contributed by atoms with Gasteiger partial charge in [-0.25, -0.2) is 0 Å². The minimum atomic E-state index is -0.685. The van der Waals surface area contributed by atoms with E-state index in [2.05, 4.69) is 6.58 Å². The summed E-state index contributed by atoms with van der Waals surface area (Å²) in [6.07, 6.45) is 0. The van der Waals surface area contributed by atoms with E-state index in [-0.39, 0.29) is 5.70 Å². The molecule has 0 rings (SSSR count). The number of hydrogen-bond acceptors (Lipinski definition) is 2. The van der Waals surface area contributed by atoms with Crippen LogP contribution in [0.15, 0.2) is 12.3 Å². The van der Waals surface area contributed by atoms with E-state index in [1.807, 2.05) is 0 Å². The van der Waals surface area contributed by atoms with Crippen molar-refractivity contribution in [2.24, 2.45) is 5.73 Å². The fourth-order valence-corrected chi connectivity index (χ4v) is 0. The van der Waals surface area contributed by atoms with Crippen LogP contribution in [-0.4, -0.2) is 5.24 Å². The van der Waals surface area contributed by atoms with Gasteiger partial charge in [0.1, 0.15) is 0 Å². The van der Waals surface area contributed by atoms with E-state index in [0.717, 1.165) is 0 Å². The second-order valence-electron chi connectivity index (χ2n) is 0.799. The Bertz CT molecular complexity index is 76.8. The Morgan fingerprint density at radius 1 is 1.83 bits per heavy atom. The van der Waals surface area contributed by atoms with Gasteiger partial charge in [-0.3, -0.25) is 4.79 Å². The maximum atomic E-state index is 9.68. The molecule has 0 aliphatic heterocycles. The van der Waals surface area contributed by atoms with Crippen LogP contribution in [0.2, 0.25) is 0 Å². The lowest BCUT2D eigenvalue weighted by molar-refractivity contribution is -0.108. The van der Waals surface area contributed by atoms with Gasteiger partial charge in [-0.1, -0.05) is 6.58 Å². The summed E-state index contributed by atoms with van der Waals surface area (Å²) in [5.74, 6) is 0. The average molecular weight is 106 g/mol. The van der Waals surface area contributed by atoms with E-state index in [1.165, 1.54) is 0 Å². The van der Waals surface area contributed by atoms with Crippen molar-refractivity contribution < 1.29 is 4.79 Å². The van der Waals surface area contributed by atoms with E-state index >= 15 is 0 Å². The molecule has 0 heterocycles. The predicted molar refractivity (Wildman–Crippen MR) is 24.2 cm³/mol. The Balaban J connectivity index is 3.57. The van der Waals surface area contributed by atoms with Crippen LogP contribution in [0.3, 0.4) is 0 Å². The highest BCUT2D eigenvalue weighted by atomic mass is 35.5. The molecular formula is C3H4ClNO. The first kappa shape index (κ1) is 5.50. The Labute approximate surface area is 40.6 Å². The van der Waals surface area contributed by atoms with Crippen molar-refractivity contribution in [3.8, 4) is 0 Å². The lowest BCUT2D eigenvalue weighted by Gasteiger charge is -1.79. The molecule has 0 aromatic rings. The molecule has 0 unspecified atom stereocenters. The van der Waals surface area contributed by atoms with Crippen LogP contribution in [0.4, 0.5) is 0 Å². The van der Waals surface area contributed by atoms with Gasteiger partial charge < -0.3 is 5.73 Å². The quantitative estimate of drug-likeness (QED) is 0.383. The molecule has 0 saturated heterocycles. The number of rotatable bonds is 1. The first-order chi connectivity index (χ1) is 2.64. The van der Waals surface area contributed by atoms with E-state index < -0.39 is 5.24 Å². The summed E-state index contributed by atoms with van der Waals surface area (Å²) < 4.78 is 0. The Hall–Kier alpha value is -0.500. The third-order valence-electron chi connectivity index (χ3n) is 0.252. The monoisotopic (exact) mass is 105 g/mol. The minimum Gasteiger partial charge on any atom is -0.395 e. The van der Waals surface area contributed by atoms with E-state index in [0.29, 0.717) is 0 Å². The topological polar surface area (TPSA) is 43.1 Å². The molecule has 0 spiro atoms. The summed E-state index contributed by atoms with van der Waals surface area (Å²) in [7, 11) is 0. The van der Waals surface area contributed by atoms with Gasteiger partial charge in [0.25, 0.3) is 5.24 Å². The van der Waals surface area contributed by atoms with Gasteiger partial charge in [0.05, 0.1) is 5.70 Å². The van der Waals surface area contributed by atoms with Crippen molar-refractivity contribution in [1.82, 2.24) is 0 Å². The zero-order chi connectivity index (χ0) is 5.15. The highest BCUT2D eigenvalue weighted by Gasteiger charge is 1.90. The number of halogens is 1. The van der Waals surface area contributed by atoms with Crippen molar-refractivity contribution in [1.29, 1.82) is 0 Å². The third kappa shape index (κ3) is 1.79. The van der Waals surface area contributed by atoms with Crippen LogP contribution in [-0.2, 0) is 4.79 Å². The number of allylic oxidation sites excluding steroid dienone is 1. The van der Waals surface area contributed by atoms with Crippen molar-refractivity contribution >= 4 is 16.8 Å². The number of carbonyl (C=O) groups excluding carboxylic acids is 1. The maximum Gasteiger partial charge on any atom is 0.267 e. The van der Waals surface area contributed by atoms with Gasteiger partial charge in [0, 0.05) is 0 Å². The zero-order valence-corrected chi connectivity index (χ0v) is 3.83. The van der Waals surface area contributed by atoms with Gasteiger partial charge in [-0.15, -0.1) is 0 Å². The van der Waals surface area contributed by atoms with Crippen LogP contribution in [0.1, 0.15) is 0 Å². The highest BCUT2D eigenvalue weighted by Crippen LogP contribution is 1.83. The van der Waals surface area contributed by atoms with Crippen LogP contribution in [0.5, 0.6) is 0 Å². The van der Waals surface area contributed by atoms with E-state index in [1.54, 1.807) is 0 Å². The van der Waals surface area contributed by atoms with Gasteiger partial charge in [0.2, 0.25) is 0 Å². The molecule has 0 bridgehead atoms. The lowest BCUT2D eigenvalue weighted by Crippen LogP contribution is -2.01. The van der Waals surface area contributed by atoms with Crippen molar-refractivity contribution in [3.63, 3.8) is 0 Å². The molecule has 0 aromatic carbocycles. The molecule has 3 heteroatoms. The number of carbonyl (C=O) groups is 1. The normalized spacial score (nSPS) is 7.50. The molecule has 34 valence electrons. The van der Waals surface area contributed by atoms with Crippen molar-refractivity contribution in [3.05, 3.63) is 12.3 Å². The fraction of sp³-hybridized carbons (Fsp3) is 0. The molecule has 2 N–H and O–H groups in total. The van der Waals surface area contributed by atoms with Crippen LogP contribution < -0.4 is 5.73 Å². The second-order valence-corrected chi connectivity index (χ2v) is 1.14. The Kier molecular flexibility index (Phi) is 1.67. The first-order valence-corrected chi connectivity index (χ1v) is 1.66. The second kappa shape index (κ2) is 1.82. The molecule has 0 radical (unpaired) electrons. The van der Waals surface area contributed by atoms with Crippen LogP contribution >= 0.6 is 11.6 Å². The predicted octanol–water partition coefficient (Wildman–Crippen LogP) is 0.224. The van der Waals surface area contributed by atoms with Crippen LogP contribution in [0, 0.1) is 0 Å². The molecule has 0 atom stereocenters. The first-order valence-electron chi connectivity index (χ1n) is 1.29. The highest BCUT2D eigenvalue weighted by molar-refractivity contribution is 6.67. The fourth-order valence-electron chi connectivity index (χ4n) is 0. The number of hydrogen-bond donors (Lipinski definition) is 1. The summed E-state index contributed by atoms with van der Waals surface area (Å²) in [6, 6.07) is 0. The van der Waals surface area contributed by atoms with E-state index in [4.69, 9.17) is 17.3 Å². The molecule has 6 heavy (non-hydrogen) atoms. The maximum absolute atomic E-state index is 9.68. The molecule has 0 aliphatic carbocycles. The molecule has 2 nitrogen and oxygen atoms in total.